The third-order valence-corrected chi connectivity index (χ3v) is 13.7. The van der Waals surface area contributed by atoms with Crippen LogP contribution in [0.3, 0.4) is 0 Å². The Balaban J connectivity index is 1.66. The molecule has 0 unspecified atom stereocenters. The van der Waals surface area contributed by atoms with Crippen LogP contribution >= 0.6 is 68.4 Å². The van der Waals surface area contributed by atoms with Gasteiger partial charge in [-0.3, -0.25) is 9.59 Å². The third kappa shape index (κ3) is 7.58. The van der Waals surface area contributed by atoms with Gasteiger partial charge in [-0.1, -0.05) is 52.7 Å². The highest BCUT2D eigenvalue weighted by molar-refractivity contribution is 8.05. The van der Waals surface area contributed by atoms with E-state index in [0.717, 1.165) is 79.0 Å². The topological polar surface area (TPSA) is 156 Å². The van der Waals surface area contributed by atoms with Crippen molar-refractivity contribution >= 4 is 109 Å². The molecule has 0 radical (unpaired) electrons. The predicted octanol–water partition coefficient (Wildman–Crippen LogP) is 3.27. The molecule has 10 nitrogen and oxygen atoms in total. The first-order valence-electron chi connectivity index (χ1n) is 10.7. The molecule has 3 aromatic rings. The Morgan fingerprint density at radius 3 is 2.30 bits per heavy atom. The van der Waals surface area contributed by atoms with E-state index >= 15 is 0 Å². The first kappa shape index (κ1) is 29.0. The van der Waals surface area contributed by atoms with Gasteiger partial charge in [0.05, 0.1) is 25.3 Å². The summed E-state index contributed by atoms with van der Waals surface area (Å²) in [5, 5.41) is 2.35. The molecule has 202 valence electrons. The van der Waals surface area contributed by atoms with E-state index in [2.05, 4.69) is 0 Å². The van der Waals surface area contributed by atoms with Crippen molar-refractivity contribution in [2.45, 2.75) is 36.9 Å². The maximum absolute atomic E-state index is 11.9. The summed E-state index contributed by atoms with van der Waals surface area (Å²) in [6.45, 7) is 2.50. The molecule has 0 atom stereocenters. The second-order valence-corrected chi connectivity index (χ2v) is 17.8. The molecule has 1 aliphatic heterocycles. The molecule has 37 heavy (non-hydrogen) atoms. The minimum Gasteiger partial charge on any atom is -0.748 e. The smallest absolute Gasteiger partial charge is 0.295 e. The second kappa shape index (κ2) is 11.6. The van der Waals surface area contributed by atoms with Crippen molar-refractivity contribution in [2.75, 3.05) is 23.0 Å². The van der Waals surface area contributed by atoms with Crippen LogP contribution in [0.1, 0.15) is 31.2 Å². The summed E-state index contributed by atoms with van der Waals surface area (Å²) in [6, 6.07) is 0. The van der Waals surface area contributed by atoms with Gasteiger partial charge in [0.15, 0.2) is 10.6 Å². The number of thiazole rings is 1. The number of aryl methyl sites for hydroxylation is 1. The largest absolute Gasteiger partial charge is 0.748 e. The number of anilines is 1. The lowest BCUT2D eigenvalue weighted by atomic mass is 10.2. The fraction of sp³-hybridized carbons (Fsp3) is 0.421. The van der Waals surface area contributed by atoms with E-state index in [1.807, 2.05) is 28.5 Å². The van der Waals surface area contributed by atoms with Crippen LogP contribution in [0.15, 0.2) is 30.5 Å². The lowest BCUT2D eigenvalue weighted by molar-refractivity contribution is -0.666. The monoisotopic (exact) mass is 659 g/mol. The van der Waals surface area contributed by atoms with E-state index in [1.165, 1.54) is 23.1 Å². The molecule has 0 saturated carbocycles. The molecule has 0 bridgehead atoms. The van der Waals surface area contributed by atoms with Crippen LogP contribution in [0.25, 0.3) is 14.9 Å². The van der Waals surface area contributed by atoms with Gasteiger partial charge in [0.1, 0.15) is 9.21 Å². The first-order chi connectivity index (χ1) is 17.3. The standard InChI is InChI=1S/C19H20N2O8S8/c1-2-11(9-12-20(5-3-7-36(24,25)26)14-16(30-12)34-18(22)32-14)10-13-21(6-4-8-37(27,28)29)15-17(31-13)35-19(23)33-15/h9-10H,2-8H2,1H3,(H-,24,25,26,27,28,29)/p-1. The Kier molecular flexibility index (Phi) is 9.14. The molecule has 18 heteroatoms. The van der Waals surface area contributed by atoms with Gasteiger partial charge in [-0.15, -0.1) is 0 Å². The number of rotatable bonds is 11. The van der Waals surface area contributed by atoms with Crippen molar-refractivity contribution < 1.29 is 30.5 Å². The summed E-state index contributed by atoms with van der Waals surface area (Å²) < 4.78 is 69.8. The van der Waals surface area contributed by atoms with Gasteiger partial charge in [0, 0.05) is 30.5 Å². The fourth-order valence-corrected chi connectivity index (χ4v) is 12.0. The Morgan fingerprint density at radius 1 is 0.946 bits per heavy atom. The van der Waals surface area contributed by atoms with Crippen molar-refractivity contribution in [3.8, 4) is 0 Å². The van der Waals surface area contributed by atoms with Gasteiger partial charge >= 0.3 is 0 Å². The first-order valence-corrected chi connectivity index (χ1v) is 18.7. The van der Waals surface area contributed by atoms with E-state index in [0.29, 0.717) is 6.42 Å². The van der Waals surface area contributed by atoms with Crippen molar-refractivity contribution in [1.82, 2.24) is 0 Å². The Bertz CT molecular complexity index is 1700. The zero-order valence-electron chi connectivity index (χ0n) is 19.0. The number of fused-ring (bicyclic) bond motifs is 2. The molecular weight excluding hydrogens is 641 g/mol. The normalized spacial score (nSPS) is 15.8. The number of hydrogen-bond donors (Lipinski definition) is 0. The van der Waals surface area contributed by atoms with E-state index in [9.17, 15) is 35.5 Å². The summed E-state index contributed by atoms with van der Waals surface area (Å²) >= 11 is 7.23. The van der Waals surface area contributed by atoms with Gasteiger partial charge in [0.25, 0.3) is 18.0 Å². The molecule has 0 amide bonds. The van der Waals surface area contributed by atoms with Crippen LogP contribution in [0.2, 0.25) is 0 Å². The molecule has 3 aromatic heterocycles. The molecule has 4 heterocycles. The quantitative estimate of drug-likeness (QED) is 0.221. The molecule has 1 aliphatic rings. The van der Waals surface area contributed by atoms with Crippen LogP contribution in [0.5, 0.6) is 0 Å². The molecule has 4 rings (SSSR count). The van der Waals surface area contributed by atoms with E-state index in [-0.39, 0.29) is 34.0 Å². The number of nitrogens with zero attached hydrogens (tertiary/aromatic N) is 2. The second-order valence-electron chi connectivity index (χ2n) is 7.73. The van der Waals surface area contributed by atoms with E-state index in [1.54, 1.807) is 0 Å². The van der Waals surface area contributed by atoms with Gasteiger partial charge in [-0.25, -0.2) is 16.8 Å². The lowest BCUT2D eigenvalue weighted by Gasteiger charge is -2.19. The Labute approximate surface area is 236 Å². The van der Waals surface area contributed by atoms with Crippen molar-refractivity contribution in [3.05, 3.63) is 39.4 Å². The van der Waals surface area contributed by atoms with Gasteiger partial charge in [0.2, 0.25) is 0 Å². The van der Waals surface area contributed by atoms with Crippen LogP contribution in [-0.2, 0) is 26.8 Å². The SMILES string of the molecule is CCC(=Cc1sc2sc(=O)sc2[n+]1CCCS(=O)(=O)[O-])C=C1Sc2sc(=O)sc2N1CCCS(=O)(=O)[O-]. The van der Waals surface area contributed by atoms with Crippen LogP contribution in [0.4, 0.5) is 5.00 Å². The van der Waals surface area contributed by atoms with Crippen LogP contribution < -0.4 is 17.6 Å². The summed E-state index contributed by atoms with van der Waals surface area (Å²) in [4.78, 5) is 26.4. The fourth-order valence-electron chi connectivity index (χ4n) is 3.48. The zero-order chi connectivity index (χ0) is 27.0. The summed E-state index contributed by atoms with van der Waals surface area (Å²) in [6.07, 6.45) is 4.76. The van der Waals surface area contributed by atoms with Crippen LogP contribution in [-0.4, -0.2) is 44.0 Å². The number of hydrogen-bond acceptors (Lipinski definition) is 15. The average molecular weight is 660 g/mol. The maximum atomic E-state index is 11.9. The average Bonchev–Trinajstić information content (AvgIpc) is 3.47. The lowest BCUT2D eigenvalue weighted by Crippen LogP contribution is -2.35. The van der Waals surface area contributed by atoms with Crippen molar-refractivity contribution in [1.29, 1.82) is 0 Å². The maximum Gasteiger partial charge on any atom is 0.295 e. The minimum atomic E-state index is -4.35. The number of allylic oxidation sites excluding steroid dienone is 2. The molecule has 0 aliphatic carbocycles. The molecule has 0 N–H and O–H groups in total. The minimum absolute atomic E-state index is 0.0666. The van der Waals surface area contributed by atoms with Crippen LogP contribution in [0, 0.1) is 0 Å². The molecule has 0 spiro atoms. The van der Waals surface area contributed by atoms with Gasteiger partial charge < -0.3 is 14.0 Å². The molecule has 0 saturated heterocycles. The van der Waals surface area contributed by atoms with Crippen molar-refractivity contribution in [3.63, 3.8) is 0 Å². The highest BCUT2D eigenvalue weighted by atomic mass is 32.2. The predicted molar refractivity (Wildman–Crippen MR) is 150 cm³/mol. The highest BCUT2D eigenvalue weighted by Crippen LogP contribution is 2.50. The van der Waals surface area contributed by atoms with E-state index < -0.39 is 31.7 Å². The zero-order valence-corrected chi connectivity index (χ0v) is 25.6. The van der Waals surface area contributed by atoms with Crippen molar-refractivity contribution in [2.24, 2.45) is 0 Å². The molecule has 0 fully saturated rings. The van der Waals surface area contributed by atoms with E-state index in [4.69, 9.17) is 0 Å². The molecule has 0 aromatic carbocycles. The van der Waals surface area contributed by atoms with Gasteiger partial charge in [-0.05, 0) is 47.2 Å². The molecular formula is C19H19N2O8S8-. The summed E-state index contributed by atoms with van der Waals surface area (Å²) in [5.74, 6) is -1.000. The Hall–Kier alpha value is -0.960. The summed E-state index contributed by atoms with van der Waals surface area (Å²) in [5.41, 5.74) is 0.915. The summed E-state index contributed by atoms with van der Waals surface area (Å²) in [7, 11) is -8.71. The number of thioether (sulfide) groups is 1. The van der Waals surface area contributed by atoms with Gasteiger partial charge in [-0.2, -0.15) is 4.57 Å². The highest BCUT2D eigenvalue weighted by Gasteiger charge is 2.29. The number of aromatic nitrogens is 1. The third-order valence-electron chi connectivity index (χ3n) is 5.06. The Morgan fingerprint density at radius 2 is 1.62 bits per heavy atom.